The highest BCUT2D eigenvalue weighted by Crippen LogP contribution is 2.28. The molecule has 0 aliphatic carbocycles. The molecular formula is C18H19N5OS. The van der Waals surface area contributed by atoms with E-state index in [2.05, 4.69) is 27.2 Å². The second-order valence-corrected chi connectivity index (χ2v) is 7.37. The first-order valence-electron chi connectivity index (χ1n) is 8.20. The molecule has 3 aromatic rings. The van der Waals surface area contributed by atoms with E-state index >= 15 is 0 Å². The summed E-state index contributed by atoms with van der Waals surface area (Å²) >= 11 is 1.58. The van der Waals surface area contributed by atoms with E-state index in [1.54, 1.807) is 29.9 Å². The summed E-state index contributed by atoms with van der Waals surface area (Å²) in [6.45, 7) is 2.61. The highest BCUT2D eigenvalue weighted by molar-refractivity contribution is 7.14. The minimum Gasteiger partial charge on any atom is -0.313 e. The van der Waals surface area contributed by atoms with E-state index in [9.17, 15) is 4.79 Å². The number of carbonyl (C=O) groups is 1. The van der Waals surface area contributed by atoms with Crippen LogP contribution in [0.15, 0.2) is 43.0 Å². The van der Waals surface area contributed by atoms with Crippen molar-refractivity contribution in [3.05, 3.63) is 63.9 Å². The van der Waals surface area contributed by atoms with Crippen LogP contribution in [-0.2, 0) is 19.5 Å². The number of imidazole rings is 1. The third-order valence-corrected chi connectivity index (χ3v) is 5.50. The predicted octanol–water partition coefficient (Wildman–Crippen LogP) is 2.63. The normalized spacial score (nSPS) is 14.3. The van der Waals surface area contributed by atoms with E-state index in [0.717, 1.165) is 30.0 Å². The van der Waals surface area contributed by atoms with Gasteiger partial charge in [-0.1, -0.05) is 0 Å². The minimum atomic E-state index is -0.0933. The van der Waals surface area contributed by atoms with Crippen molar-refractivity contribution in [2.45, 2.75) is 19.5 Å². The zero-order valence-corrected chi connectivity index (χ0v) is 14.8. The monoisotopic (exact) mass is 353 g/mol. The molecule has 3 aromatic heterocycles. The molecule has 0 radical (unpaired) electrons. The Balaban J connectivity index is 1.49. The summed E-state index contributed by atoms with van der Waals surface area (Å²) in [5.41, 5.74) is 2.41. The lowest BCUT2D eigenvalue weighted by Crippen LogP contribution is -2.24. The maximum atomic E-state index is 12.6. The number of amides is 1. The van der Waals surface area contributed by atoms with Crippen molar-refractivity contribution in [1.29, 1.82) is 0 Å². The Morgan fingerprint density at radius 2 is 2.16 bits per heavy atom. The van der Waals surface area contributed by atoms with E-state index < -0.39 is 0 Å². The third-order valence-electron chi connectivity index (χ3n) is 4.34. The van der Waals surface area contributed by atoms with E-state index in [1.807, 2.05) is 29.0 Å². The van der Waals surface area contributed by atoms with Crippen LogP contribution in [0.2, 0.25) is 0 Å². The summed E-state index contributed by atoms with van der Waals surface area (Å²) in [6.07, 6.45) is 8.09. The summed E-state index contributed by atoms with van der Waals surface area (Å²) in [4.78, 5) is 25.3. The maximum Gasteiger partial charge on any atom is 0.268 e. The third kappa shape index (κ3) is 3.47. The van der Waals surface area contributed by atoms with Crippen molar-refractivity contribution in [2.75, 3.05) is 18.9 Å². The highest BCUT2D eigenvalue weighted by atomic mass is 32.1. The van der Waals surface area contributed by atoms with Crippen molar-refractivity contribution in [1.82, 2.24) is 19.4 Å². The fraction of sp³-hybridized carbons (Fsp3) is 0.278. The van der Waals surface area contributed by atoms with Gasteiger partial charge in [-0.25, -0.2) is 4.98 Å². The van der Waals surface area contributed by atoms with Crippen molar-refractivity contribution in [3.63, 3.8) is 0 Å². The average molecular weight is 353 g/mol. The molecule has 0 aromatic carbocycles. The largest absolute Gasteiger partial charge is 0.313 e. The van der Waals surface area contributed by atoms with E-state index in [0.29, 0.717) is 12.5 Å². The Kier molecular flexibility index (Phi) is 4.33. The van der Waals surface area contributed by atoms with E-state index in [4.69, 9.17) is 0 Å². The number of aromatic nitrogens is 3. The Morgan fingerprint density at radius 1 is 1.32 bits per heavy atom. The van der Waals surface area contributed by atoms with Gasteiger partial charge in [0.05, 0.1) is 11.4 Å². The topological polar surface area (TPSA) is 63.1 Å². The van der Waals surface area contributed by atoms with Crippen molar-refractivity contribution in [2.24, 2.45) is 0 Å². The highest BCUT2D eigenvalue weighted by Gasteiger charge is 2.20. The molecule has 1 N–H and O–H groups in total. The summed E-state index contributed by atoms with van der Waals surface area (Å²) in [7, 11) is 2.11. The Labute approximate surface area is 150 Å². The van der Waals surface area contributed by atoms with Gasteiger partial charge in [-0.05, 0) is 42.8 Å². The second-order valence-electron chi connectivity index (χ2n) is 6.24. The molecular weight excluding hydrogens is 334 g/mol. The number of hydrogen-bond donors (Lipinski definition) is 1. The molecule has 1 aliphatic heterocycles. The summed E-state index contributed by atoms with van der Waals surface area (Å²) in [5, 5.41) is 2.94. The van der Waals surface area contributed by atoms with Gasteiger partial charge in [-0.3, -0.25) is 15.1 Å². The fourth-order valence-electron chi connectivity index (χ4n) is 2.97. The quantitative estimate of drug-likeness (QED) is 0.783. The molecule has 0 fully saturated rings. The molecule has 25 heavy (non-hydrogen) atoms. The van der Waals surface area contributed by atoms with Gasteiger partial charge in [-0.15, -0.1) is 11.3 Å². The van der Waals surface area contributed by atoms with Gasteiger partial charge in [0.2, 0.25) is 5.95 Å². The second kappa shape index (κ2) is 6.78. The molecule has 6 nitrogen and oxygen atoms in total. The van der Waals surface area contributed by atoms with Gasteiger partial charge in [0, 0.05) is 42.8 Å². The zero-order valence-electron chi connectivity index (χ0n) is 14.0. The standard InChI is InChI=1S/C18H19N5OS/c1-22-8-4-14-10-15(25-16(14)12-22)17(24)21-18-20-7-9-23(18)11-13-2-5-19-6-3-13/h2-3,5-7,9-10H,4,8,11-12H2,1H3,(H,20,21,24). The summed E-state index contributed by atoms with van der Waals surface area (Å²) in [6, 6.07) is 5.93. The molecule has 4 rings (SSSR count). The number of likely N-dealkylation sites (N-methyl/N-ethyl adjacent to an activating group) is 1. The van der Waals surface area contributed by atoms with Gasteiger partial charge >= 0.3 is 0 Å². The van der Waals surface area contributed by atoms with Crippen LogP contribution < -0.4 is 5.32 Å². The van der Waals surface area contributed by atoms with Gasteiger partial charge in [0.25, 0.3) is 5.91 Å². The maximum absolute atomic E-state index is 12.6. The van der Waals surface area contributed by atoms with Crippen LogP contribution in [0.5, 0.6) is 0 Å². The van der Waals surface area contributed by atoms with E-state index in [-0.39, 0.29) is 5.91 Å². The number of hydrogen-bond acceptors (Lipinski definition) is 5. The average Bonchev–Trinajstić information content (AvgIpc) is 3.22. The lowest BCUT2D eigenvalue weighted by Gasteiger charge is -2.21. The molecule has 128 valence electrons. The van der Waals surface area contributed by atoms with Crippen LogP contribution in [0, 0.1) is 0 Å². The van der Waals surface area contributed by atoms with Crippen LogP contribution in [-0.4, -0.2) is 38.9 Å². The number of thiophene rings is 1. The first-order valence-corrected chi connectivity index (χ1v) is 9.02. The number of carbonyl (C=O) groups excluding carboxylic acids is 1. The first kappa shape index (κ1) is 16.0. The lowest BCUT2D eigenvalue weighted by molar-refractivity contribution is 0.102. The van der Waals surface area contributed by atoms with Gasteiger partial charge in [0.15, 0.2) is 0 Å². The van der Waals surface area contributed by atoms with Crippen LogP contribution >= 0.6 is 11.3 Å². The predicted molar refractivity (Wildman–Crippen MR) is 97.9 cm³/mol. The van der Waals surface area contributed by atoms with Crippen molar-refractivity contribution >= 4 is 23.2 Å². The van der Waals surface area contributed by atoms with Crippen LogP contribution in [0.4, 0.5) is 5.95 Å². The molecule has 4 heterocycles. The Morgan fingerprint density at radius 3 is 3.00 bits per heavy atom. The van der Waals surface area contributed by atoms with Gasteiger partial charge < -0.3 is 9.47 Å². The Bertz CT molecular complexity index is 886. The molecule has 0 unspecified atom stereocenters. The summed E-state index contributed by atoms with van der Waals surface area (Å²) in [5.74, 6) is 0.467. The van der Waals surface area contributed by atoms with Gasteiger partial charge in [-0.2, -0.15) is 0 Å². The number of fused-ring (bicyclic) bond motifs is 1. The number of nitrogens with zero attached hydrogens (tertiary/aromatic N) is 4. The molecule has 0 saturated carbocycles. The fourth-order valence-corrected chi connectivity index (χ4v) is 4.16. The number of anilines is 1. The number of rotatable bonds is 4. The molecule has 0 spiro atoms. The van der Waals surface area contributed by atoms with Crippen LogP contribution in [0.1, 0.15) is 25.7 Å². The zero-order chi connectivity index (χ0) is 17.2. The Hall–Kier alpha value is -2.51. The molecule has 1 amide bonds. The van der Waals surface area contributed by atoms with Crippen molar-refractivity contribution < 1.29 is 4.79 Å². The summed E-state index contributed by atoms with van der Waals surface area (Å²) < 4.78 is 1.93. The first-order chi connectivity index (χ1) is 12.2. The lowest BCUT2D eigenvalue weighted by atomic mass is 10.1. The molecule has 0 atom stereocenters. The van der Waals surface area contributed by atoms with Gasteiger partial charge in [0.1, 0.15) is 0 Å². The van der Waals surface area contributed by atoms with Crippen LogP contribution in [0.3, 0.4) is 0 Å². The molecule has 0 saturated heterocycles. The molecule has 0 bridgehead atoms. The van der Waals surface area contributed by atoms with Crippen molar-refractivity contribution in [3.8, 4) is 0 Å². The van der Waals surface area contributed by atoms with Crippen LogP contribution in [0.25, 0.3) is 0 Å². The minimum absolute atomic E-state index is 0.0933. The molecule has 7 heteroatoms. The smallest absolute Gasteiger partial charge is 0.268 e. The SMILES string of the molecule is CN1CCc2cc(C(=O)Nc3nccn3Cc3ccncc3)sc2C1. The number of nitrogens with one attached hydrogen (secondary N) is 1. The number of pyridine rings is 1. The molecule has 1 aliphatic rings. The van der Waals surface area contributed by atoms with E-state index in [1.165, 1.54) is 10.4 Å².